The first kappa shape index (κ1) is 88.8. The zero-order valence-corrected chi connectivity index (χ0v) is 70.0. The van der Waals surface area contributed by atoms with E-state index in [0.717, 1.165) is 133 Å². The maximum Gasteiger partial charge on any atom is 0.344 e. The van der Waals surface area contributed by atoms with E-state index in [1.54, 1.807) is 75.3 Å². The lowest BCUT2D eigenvalue weighted by Crippen LogP contribution is -2.36. The fraction of sp³-hybridized carbons (Fsp3) is 0.295. The SMILES string of the molecule is COc1cc(/C=C2/C(C)=C(CC(=O)NCc3ccccn3)c3cc(F)ccc32)cc(OC)c1OCC(=O)OC1CCN(C)CC1.COc1cc(/C=C2/C(C)=C(CC(=O)NCc3ccccn3)c3cc(F)ccc32)cc(OC)c1OCCN(C)C.COc1cc(/C=C2/C(C)=C(CC(=O)NCc3ccccn3)c3cc(F)ccc32)cc(OC)c1OCCO. The molecule has 0 bridgehead atoms. The van der Waals surface area contributed by atoms with Crippen LogP contribution in [0.25, 0.3) is 51.7 Å². The van der Waals surface area contributed by atoms with Crippen LogP contribution in [0, 0.1) is 17.5 Å². The molecule has 9 aromatic rings. The Morgan fingerprint density at radius 2 is 0.777 bits per heavy atom. The number of methoxy groups -OCH3 is 6. The number of pyridine rings is 3. The van der Waals surface area contributed by atoms with Gasteiger partial charge in [0.25, 0.3) is 0 Å². The van der Waals surface area contributed by atoms with Crippen molar-refractivity contribution in [3.63, 3.8) is 0 Å². The highest BCUT2D eigenvalue weighted by Crippen LogP contribution is 2.50. The molecule has 1 aliphatic heterocycles. The summed E-state index contributed by atoms with van der Waals surface area (Å²) >= 11 is 0. The van der Waals surface area contributed by atoms with Gasteiger partial charge in [0.15, 0.2) is 41.1 Å². The summed E-state index contributed by atoms with van der Waals surface area (Å²) in [5.74, 6) is 1.90. The second kappa shape index (κ2) is 42.6. The van der Waals surface area contributed by atoms with Crippen LogP contribution in [0.1, 0.15) is 120 Å². The first-order chi connectivity index (χ1) is 58.5. The van der Waals surface area contributed by atoms with E-state index < -0.39 is 5.97 Å². The van der Waals surface area contributed by atoms with E-state index in [2.05, 4.69) is 35.8 Å². The lowest BCUT2D eigenvalue weighted by molar-refractivity contribution is -0.153. The molecule has 1 fully saturated rings. The first-order valence-electron chi connectivity index (χ1n) is 39.5. The molecule has 0 spiro atoms. The van der Waals surface area contributed by atoms with Gasteiger partial charge in [0.05, 0.1) is 105 Å². The van der Waals surface area contributed by atoms with Crippen molar-refractivity contribution in [2.24, 2.45) is 0 Å². The van der Waals surface area contributed by atoms with Gasteiger partial charge >= 0.3 is 5.97 Å². The molecule has 26 heteroatoms. The molecule has 4 heterocycles. The van der Waals surface area contributed by atoms with Crippen molar-refractivity contribution < 1.29 is 84.8 Å². The van der Waals surface area contributed by atoms with E-state index >= 15 is 0 Å². The third-order valence-corrected chi connectivity index (χ3v) is 20.8. The Balaban J connectivity index is 0.000000178. The number of amides is 3. The van der Waals surface area contributed by atoms with Gasteiger partial charge in [0, 0.05) is 38.2 Å². The smallest absolute Gasteiger partial charge is 0.344 e. The Bertz CT molecular complexity index is 5340. The lowest BCUT2D eigenvalue weighted by Gasteiger charge is -2.28. The molecule has 4 aliphatic rings. The maximum absolute atomic E-state index is 14.4. The minimum Gasteiger partial charge on any atom is -0.493 e. The molecule has 4 N–H and O–H groups in total. The molecule has 632 valence electrons. The number of aromatic nitrogens is 3. The summed E-state index contributed by atoms with van der Waals surface area (Å²) in [5, 5.41) is 17.9. The number of carbonyl (C=O) groups excluding carboxylic acids is 4. The number of rotatable bonds is 32. The van der Waals surface area contributed by atoms with Crippen molar-refractivity contribution in [1.29, 1.82) is 0 Å². The topological polar surface area (TPSA) is 262 Å². The van der Waals surface area contributed by atoms with E-state index in [4.69, 9.17) is 52.5 Å². The number of nitrogens with one attached hydrogen (secondary N) is 3. The van der Waals surface area contributed by atoms with E-state index in [-0.39, 0.29) is 86.1 Å². The summed E-state index contributed by atoms with van der Waals surface area (Å²) in [7, 11) is 15.3. The van der Waals surface area contributed by atoms with E-state index in [1.807, 2.05) is 132 Å². The summed E-state index contributed by atoms with van der Waals surface area (Å²) in [6.45, 7) is 9.40. The van der Waals surface area contributed by atoms with Crippen molar-refractivity contribution in [2.45, 2.75) is 78.6 Å². The Morgan fingerprint density at radius 3 is 1.07 bits per heavy atom. The predicted molar refractivity (Wildman–Crippen MR) is 460 cm³/mol. The van der Waals surface area contributed by atoms with Crippen molar-refractivity contribution in [3.05, 3.63) is 266 Å². The molecule has 23 nitrogen and oxygen atoms in total. The second-order valence-corrected chi connectivity index (χ2v) is 29.1. The van der Waals surface area contributed by atoms with E-state index in [1.165, 1.54) is 64.8 Å². The normalized spacial score (nSPS) is 14.4. The van der Waals surface area contributed by atoms with Crippen molar-refractivity contribution in [3.8, 4) is 51.7 Å². The van der Waals surface area contributed by atoms with Gasteiger partial charge in [0.2, 0.25) is 35.0 Å². The van der Waals surface area contributed by atoms with E-state index in [0.29, 0.717) is 88.9 Å². The Labute approximate surface area is 703 Å². The number of likely N-dealkylation sites (tertiary alicyclic amines) is 1. The van der Waals surface area contributed by atoms with Gasteiger partial charge in [-0.15, -0.1) is 0 Å². The van der Waals surface area contributed by atoms with E-state index in [9.17, 15) is 32.3 Å². The Hall–Kier alpha value is -13.0. The second-order valence-electron chi connectivity index (χ2n) is 29.1. The summed E-state index contributed by atoms with van der Waals surface area (Å²) in [5.41, 5.74) is 16.8. The number of fused-ring (bicyclic) bond motifs is 3. The molecule has 13 rings (SSSR count). The number of benzene rings is 6. The van der Waals surface area contributed by atoms with Crippen LogP contribution in [0.3, 0.4) is 0 Å². The highest BCUT2D eigenvalue weighted by Gasteiger charge is 2.31. The van der Waals surface area contributed by atoms with Gasteiger partial charge in [-0.05, 0) is 282 Å². The fourth-order valence-corrected chi connectivity index (χ4v) is 14.5. The number of nitrogens with zero attached hydrogens (tertiary/aromatic N) is 5. The number of esters is 1. The highest BCUT2D eigenvalue weighted by molar-refractivity contribution is 6.11. The molecule has 3 aliphatic carbocycles. The summed E-state index contributed by atoms with van der Waals surface area (Å²) < 4.78 is 99.5. The standard InChI is InChI=1S/C35H38FN3O6.C31H34FN3O4.C29H29FN2O5/c1-22-28(27-9-8-24(36)18-30(27)29(22)19-33(40)38-20-25-7-5-6-12-37-25)15-23-16-31(42-3)35(32(17-23)43-4)44-21-34(41)45-26-10-13-39(2)14-11-26;1-20-25(14-21-15-28(37-4)31(29(16-21)38-5)39-13-12-35(2)3)24-10-9-22(32)17-27(24)26(20)18-30(36)34-19-23-8-6-7-11-33-23;1-18-23(12-19-13-26(35-2)29(37-11-10-33)27(14-19)36-3)22-8-7-20(30)15-25(22)24(18)16-28(34)32-17-21-6-4-5-9-31-21/h5-9,12,15-18,26H,10-11,13-14,19-21H2,1-4H3,(H,38,40);6-11,14-17H,12-13,18-19H2,1-5H3,(H,34,36);4-9,12-15,33H,10-11,16-17H2,1-3H3,(H,32,34)/b28-15-;25-14-;23-12-. The van der Waals surface area contributed by atoms with Crippen LogP contribution in [0.2, 0.25) is 0 Å². The number of allylic oxidation sites excluding steroid dienone is 6. The molecular formula is C95H101F3N8O15. The predicted octanol–water partition coefficient (Wildman–Crippen LogP) is 15.1. The van der Waals surface area contributed by atoms with Crippen molar-refractivity contribution >= 4 is 75.4 Å². The monoisotopic (exact) mass is 1650 g/mol. The number of hydrogen-bond donors (Lipinski definition) is 4. The third kappa shape index (κ3) is 23.1. The Kier molecular flexibility index (Phi) is 31.2. The molecule has 121 heavy (non-hydrogen) atoms. The number of aliphatic hydroxyl groups is 1. The third-order valence-electron chi connectivity index (χ3n) is 20.8. The molecule has 3 aromatic heterocycles. The van der Waals surface area contributed by atoms with Crippen molar-refractivity contribution in [2.75, 3.05) is 110 Å². The quantitative estimate of drug-likeness (QED) is 0.0286. The van der Waals surface area contributed by atoms with Crippen LogP contribution < -0.4 is 58.6 Å². The van der Waals surface area contributed by atoms with Gasteiger partial charge in [0.1, 0.15) is 36.8 Å². The minimum absolute atomic E-state index is 0.0829. The van der Waals surface area contributed by atoms with Gasteiger partial charge < -0.3 is 78.2 Å². The zero-order valence-electron chi connectivity index (χ0n) is 70.0. The average Bonchev–Trinajstić information content (AvgIpc) is 1.63. The van der Waals surface area contributed by atoms with Crippen LogP contribution >= 0.6 is 0 Å². The van der Waals surface area contributed by atoms with Crippen LogP contribution in [0.15, 0.2) is 181 Å². The maximum atomic E-state index is 14.4. The minimum atomic E-state index is -0.452. The average molecular weight is 1650 g/mol. The molecule has 1 saturated heterocycles. The molecule has 0 saturated carbocycles. The number of piperidine rings is 1. The number of likely N-dealkylation sites (N-methyl/N-ethyl adjacent to an activating group) is 1. The van der Waals surface area contributed by atoms with Crippen LogP contribution in [-0.2, 0) is 43.5 Å². The summed E-state index contributed by atoms with van der Waals surface area (Å²) in [6.07, 6.45) is 12.7. The molecule has 0 unspecified atom stereocenters. The number of carbonyl (C=O) groups is 4. The number of halogens is 3. The summed E-state index contributed by atoms with van der Waals surface area (Å²) in [6, 6.07) is 41.4. The van der Waals surface area contributed by atoms with Crippen LogP contribution in [-0.4, -0.2) is 170 Å². The number of ether oxygens (including phenoxy) is 10. The Morgan fingerprint density at radius 1 is 0.455 bits per heavy atom. The van der Waals surface area contributed by atoms with Crippen LogP contribution in [0.5, 0.6) is 51.7 Å². The first-order valence-corrected chi connectivity index (χ1v) is 39.5. The van der Waals surface area contributed by atoms with Gasteiger partial charge in [-0.1, -0.05) is 36.4 Å². The molecule has 3 amide bonds. The molecule has 0 radical (unpaired) electrons. The molecule has 0 atom stereocenters. The number of hydrogen-bond acceptors (Lipinski definition) is 20. The van der Waals surface area contributed by atoms with Crippen molar-refractivity contribution in [1.82, 2.24) is 40.7 Å². The largest absolute Gasteiger partial charge is 0.493 e. The van der Waals surface area contributed by atoms with Gasteiger partial charge in [-0.25, -0.2) is 18.0 Å². The van der Waals surface area contributed by atoms with Crippen LogP contribution in [0.4, 0.5) is 13.2 Å². The summed E-state index contributed by atoms with van der Waals surface area (Å²) in [4.78, 5) is 68.1. The highest BCUT2D eigenvalue weighted by atomic mass is 19.1. The van der Waals surface area contributed by atoms with Gasteiger partial charge in [-0.2, -0.15) is 0 Å². The number of aliphatic hydroxyl groups excluding tert-OH is 1. The molecular weight excluding hydrogens is 1550 g/mol. The fourth-order valence-electron chi connectivity index (χ4n) is 14.5. The zero-order chi connectivity index (χ0) is 86.2. The van der Waals surface area contributed by atoms with Gasteiger partial charge in [-0.3, -0.25) is 29.3 Å². The molecule has 6 aromatic carbocycles. The lowest BCUT2D eigenvalue weighted by atomic mass is 10.00.